The molecule has 23 heavy (non-hydrogen) atoms. The number of hydrogen-bond acceptors (Lipinski definition) is 6. The van der Waals surface area contributed by atoms with Gasteiger partial charge in [0.05, 0.1) is 0 Å². The van der Waals surface area contributed by atoms with Crippen LogP contribution in [0.1, 0.15) is 50.1 Å². The lowest BCUT2D eigenvalue weighted by molar-refractivity contribution is -0.140. The molecule has 0 unspecified atom stereocenters. The second-order valence-corrected chi connectivity index (χ2v) is 7.23. The van der Waals surface area contributed by atoms with E-state index in [9.17, 15) is 4.79 Å². The Kier molecular flexibility index (Phi) is 4.57. The lowest BCUT2D eigenvalue weighted by Gasteiger charge is -2.09. The van der Waals surface area contributed by atoms with Gasteiger partial charge >= 0.3 is 5.97 Å². The van der Waals surface area contributed by atoms with Crippen molar-refractivity contribution in [3.05, 3.63) is 17.0 Å². The Hall–Kier alpha value is -1.63. The van der Waals surface area contributed by atoms with Crippen molar-refractivity contribution in [3.8, 4) is 0 Å². The maximum absolute atomic E-state index is 11.8. The third kappa shape index (κ3) is 3.20. The predicted octanol–water partition coefficient (Wildman–Crippen LogP) is 2.88. The van der Waals surface area contributed by atoms with Crippen LogP contribution in [0.15, 0.2) is 5.16 Å². The molecule has 124 valence electrons. The number of thioether (sulfide) groups is 1. The first kappa shape index (κ1) is 16.2. The highest BCUT2D eigenvalue weighted by molar-refractivity contribution is 8.00. The molecule has 1 fully saturated rings. The van der Waals surface area contributed by atoms with Gasteiger partial charge in [-0.15, -0.1) is 5.10 Å². The van der Waals surface area contributed by atoms with Gasteiger partial charge in [-0.25, -0.2) is 9.50 Å². The highest BCUT2D eigenvalue weighted by atomic mass is 32.2. The van der Waals surface area contributed by atoms with Gasteiger partial charge in [0.2, 0.25) is 5.16 Å². The third-order valence-corrected chi connectivity index (χ3v) is 5.24. The summed E-state index contributed by atoms with van der Waals surface area (Å²) in [5.74, 6) is 0.424. The van der Waals surface area contributed by atoms with E-state index in [1.165, 1.54) is 17.3 Å². The number of carbonyl (C=O) groups excluding carboxylic acids is 1. The zero-order valence-electron chi connectivity index (χ0n) is 14.0. The molecule has 2 atom stereocenters. The van der Waals surface area contributed by atoms with Crippen molar-refractivity contribution < 1.29 is 9.53 Å². The zero-order chi connectivity index (χ0) is 16.6. The van der Waals surface area contributed by atoms with E-state index in [0.717, 1.165) is 30.7 Å². The van der Waals surface area contributed by atoms with Gasteiger partial charge < -0.3 is 4.74 Å². The highest BCUT2D eigenvalue weighted by Gasteiger charge is 2.33. The number of aryl methyl sites for hydroxylation is 2. The van der Waals surface area contributed by atoms with Gasteiger partial charge in [-0.1, -0.05) is 25.1 Å². The van der Waals surface area contributed by atoms with Gasteiger partial charge in [0, 0.05) is 17.8 Å². The van der Waals surface area contributed by atoms with Crippen LogP contribution in [0.25, 0.3) is 5.78 Å². The first-order valence-electron chi connectivity index (χ1n) is 8.09. The molecule has 0 saturated carbocycles. The second-order valence-electron chi connectivity index (χ2n) is 6.06. The Morgan fingerprint density at radius 3 is 2.78 bits per heavy atom. The monoisotopic (exact) mass is 334 g/mol. The van der Waals surface area contributed by atoms with Crippen LogP contribution in [0.2, 0.25) is 0 Å². The van der Waals surface area contributed by atoms with E-state index in [4.69, 9.17) is 4.74 Å². The predicted molar refractivity (Wildman–Crippen MR) is 88.7 cm³/mol. The summed E-state index contributed by atoms with van der Waals surface area (Å²) in [6, 6.07) is 0. The quantitative estimate of drug-likeness (QED) is 0.783. The van der Waals surface area contributed by atoms with Crippen molar-refractivity contribution in [2.45, 2.75) is 69.9 Å². The molecule has 7 heteroatoms. The Bertz CT molecular complexity index is 743. The van der Waals surface area contributed by atoms with Crippen LogP contribution in [-0.4, -0.2) is 36.9 Å². The number of nitrogens with zero attached hydrogens (tertiary/aromatic N) is 4. The normalized spacial score (nSPS) is 21.1. The summed E-state index contributed by atoms with van der Waals surface area (Å²) in [6.07, 6.45) is 3.96. The fraction of sp³-hybridized carbons (Fsp3) is 0.625. The maximum Gasteiger partial charge on any atom is 0.319 e. The molecule has 0 amide bonds. The van der Waals surface area contributed by atoms with Crippen LogP contribution in [0.5, 0.6) is 0 Å². The minimum atomic E-state index is -0.219. The number of carbonyl (C=O) groups is 1. The third-order valence-electron chi connectivity index (χ3n) is 4.18. The molecule has 1 aliphatic heterocycles. The zero-order valence-corrected chi connectivity index (χ0v) is 14.8. The molecule has 1 aliphatic rings. The molecule has 3 rings (SSSR count). The van der Waals surface area contributed by atoms with Crippen LogP contribution in [-0.2, 0) is 16.0 Å². The Balaban J connectivity index is 1.89. The van der Waals surface area contributed by atoms with E-state index in [0.29, 0.717) is 17.4 Å². The summed E-state index contributed by atoms with van der Waals surface area (Å²) in [5, 5.41) is 4.91. The molecule has 3 heterocycles. The first-order chi connectivity index (χ1) is 11.0. The Labute approximate surface area is 140 Å². The molecule has 1 saturated heterocycles. The number of unbranched alkanes of at least 4 members (excludes halogenated alkanes) is 1. The van der Waals surface area contributed by atoms with Gasteiger partial charge in [-0.05, 0) is 39.2 Å². The van der Waals surface area contributed by atoms with Crippen molar-refractivity contribution in [2.75, 3.05) is 0 Å². The van der Waals surface area contributed by atoms with Crippen LogP contribution < -0.4 is 0 Å². The topological polar surface area (TPSA) is 69.4 Å². The maximum atomic E-state index is 11.8. The molecule has 2 aromatic rings. The molecule has 0 radical (unpaired) electrons. The number of fused-ring (bicyclic) bond motifs is 1. The van der Waals surface area contributed by atoms with Crippen LogP contribution in [0.4, 0.5) is 0 Å². The molecule has 0 aromatic carbocycles. The van der Waals surface area contributed by atoms with E-state index in [-0.39, 0.29) is 17.3 Å². The Morgan fingerprint density at radius 1 is 1.35 bits per heavy atom. The minimum absolute atomic E-state index is 0.0280. The van der Waals surface area contributed by atoms with E-state index in [1.807, 2.05) is 13.8 Å². The Morgan fingerprint density at radius 2 is 2.13 bits per heavy atom. The van der Waals surface area contributed by atoms with Crippen LogP contribution >= 0.6 is 11.8 Å². The van der Waals surface area contributed by atoms with Gasteiger partial charge in [0.25, 0.3) is 5.78 Å². The SMILES string of the molecule is CCCCc1c(C)nc2nc(S[C@H]3C[C@H](C)OC3=O)nn2c1C. The second kappa shape index (κ2) is 6.47. The van der Waals surface area contributed by atoms with E-state index in [2.05, 4.69) is 28.9 Å². The average molecular weight is 334 g/mol. The van der Waals surface area contributed by atoms with E-state index >= 15 is 0 Å². The molecule has 0 spiro atoms. The molecule has 6 nitrogen and oxygen atoms in total. The molecular formula is C16H22N4O2S. The smallest absolute Gasteiger partial charge is 0.319 e. The van der Waals surface area contributed by atoms with Gasteiger partial charge in [0.15, 0.2) is 0 Å². The van der Waals surface area contributed by atoms with Crippen LogP contribution in [0, 0.1) is 13.8 Å². The fourth-order valence-corrected chi connectivity index (χ4v) is 3.94. The summed E-state index contributed by atoms with van der Waals surface area (Å²) in [7, 11) is 0. The molecule has 0 N–H and O–H groups in total. The first-order valence-corrected chi connectivity index (χ1v) is 8.97. The summed E-state index contributed by atoms with van der Waals surface area (Å²) >= 11 is 1.37. The number of ether oxygens (including phenoxy) is 1. The average Bonchev–Trinajstić information content (AvgIpc) is 3.02. The number of cyclic esters (lactones) is 1. The number of hydrogen-bond donors (Lipinski definition) is 0. The summed E-state index contributed by atoms with van der Waals surface area (Å²) in [5.41, 5.74) is 3.35. The minimum Gasteiger partial charge on any atom is -0.462 e. The summed E-state index contributed by atoms with van der Waals surface area (Å²) in [6.45, 7) is 8.17. The highest BCUT2D eigenvalue weighted by Crippen LogP contribution is 2.30. The van der Waals surface area contributed by atoms with Crippen molar-refractivity contribution >= 4 is 23.5 Å². The van der Waals surface area contributed by atoms with Crippen molar-refractivity contribution in [1.82, 2.24) is 19.6 Å². The van der Waals surface area contributed by atoms with Crippen LogP contribution in [0.3, 0.4) is 0 Å². The number of esters is 1. The summed E-state index contributed by atoms with van der Waals surface area (Å²) in [4.78, 5) is 20.8. The molecule has 0 bridgehead atoms. The number of rotatable bonds is 5. The lowest BCUT2D eigenvalue weighted by atomic mass is 10.1. The van der Waals surface area contributed by atoms with E-state index < -0.39 is 0 Å². The molecular weight excluding hydrogens is 312 g/mol. The van der Waals surface area contributed by atoms with Crippen molar-refractivity contribution in [3.63, 3.8) is 0 Å². The van der Waals surface area contributed by atoms with Crippen molar-refractivity contribution in [1.29, 1.82) is 0 Å². The van der Waals surface area contributed by atoms with Gasteiger partial charge in [-0.3, -0.25) is 4.79 Å². The van der Waals surface area contributed by atoms with E-state index in [1.54, 1.807) is 4.52 Å². The molecule has 2 aromatic heterocycles. The lowest BCUT2D eigenvalue weighted by Crippen LogP contribution is -2.09. The van der Waals surface area contributed by atoms with Crippen molar-refractivity contribution in [2.24, 2.45) is 0 Å². The number of aromatic nitrogens is 4. The van der Waals surface area contributed by atoms with Gasteiger partial charge in [-0.2, -0.15) is 4.98 Å². The van der Waals surface area contributed by atoms with Gasteiger partial charge in [0.1, 0.15) is 11.4 Å². The largest absolute Gasteiger partial charge is 0.462 e. The fourth-order valence-electron chi connectivity index (χ4n) is 2.90. The summed E-state index contributed by atoms with van der Waals surface area (Å²) < 4.78 is 6.98. The standard InChI is InChI=1S/C16H22N4O2S/c1-5-6-7-12-10(3)17-15-18-16(19-20(15)11(12)4)23-13-8-9(2)22-14(13)21/h9,13H,5-8H2,1-4H3/t9-,13-/m0/s1. The molecule has 0 aliphatic carbocycles.